The Morgan fingerprint density at radius 1 is 0.967 bits per heavy atom. The lowest BCUT2D eigenvalue weighted by atomic mass is 9.98. The van der Waals surface area contributed by atoms with Gasteiger partial charge in [-0.05, 0) is 29.2 Å². The van der Waals surface area contributed by atoms with Crippen LogP contribution < -0.4 is 0 Å². The molecule has 2 aromatic carbocycles. The number of amides is 1. The number of nitrogens with zero attached hydrogens (tertiary/aromatic N) is 1. The summed E-state index contributed by atoms with van der Waals surface area (Å²) in [5, 5.41) is 0. The Balaban J connectivity index is 1.61. The predicted octanol–water partition coefficient (Wildman–Crippen LogP) is 3.39. The molecule has 6 heteroatoms. The molecule has 2 atom stereocenters. The molecule has 30 heavy (non-hydrogen) atoms. The summed E-state index contributed by atoms with van der Waals surface area (Å²) < 4.78 is 10.2. The second kappa shape index (κ2) is 9.11. The van der Waals surface area contributed by atoms with Gasteiger partial charge in [-0.2, -0.15) is 0 Å². The Kier molecular flexibility index (Phi) is 6.55. The van der Waals surface area contributed by atoms with Crippen LogP contribution in [0.15, 0.2) is 48.5 Å². The summed E-state index contributed by atoms with van der Waals surface area (Å²) >= 11 is 0. The Morgan fingerprint density at radius 2 is 1.50 bits per heavy atom. The van der Waals surface area contributed by atoms with Gasteiger partial charge in [-0.15, -0.1) is 0 Å². The third-order valence-corrected chi connectivity index (χ3v) is 5.74. The van der Waals surface area contributed by atoms with Gasteiger partial charge in [0, 0.05) is 18.9 Å². The van der Waals surface area contributed by atoms with Gasteiger partial charge in [-0.3, -0.25) is 9.59 Å². The monoisotopic (exact) mass is 409 g/mol. The largest absolute Gasteiger partial charge is 0.467 e. The van der Waals surface area contributed by atoms with Crippen LogP contribution in [0.2, 0.25) is 0 Å². The number of carbonyl (C=O) groups is 3. The molecule has 1 amide bonds. The Hall–Kier alpha value is -3.15. The van der Waals surface area contributed by atoms with Crippen LogP contribution in [0.5, 0.6) is 0 Å². The Morgan fingerprint density at radius 3 is 2.03 bits per heavy atom. The Labute approximate surface area is 176 Å². The molecule has 2 aromatic rings. The molecular formula is C24H27NO5. The summed E-state index contributed by atoms with van der Waals surface area (Å²) in [5.74, 6) is -1.86. The number of benzene rings is 2. The summed E-state index contributed by atoms with van der Waals surface area (Å²) in [6.45, 7) is 3.47. The number of ether oxygens (including phenoxy) is 2. The highest BCUT2D eigenvalue weighted by Gasteiger charge is 2.31. The molecule has 158 valence electrons. The number of rotatable bonds is 7. The summed E-state index contributed by atoms with van der Waals surface area (Å²) in [6.07, 6.45) is -0.0485. The van der Waals surface area contributed by atoms with Crippen LogP contribution in [0.4, 0.5) is 0 Å². The maximum atomic E-state index is 12.5. The molecule has 2 unspecified atom stereocenters. The second-order valence-corrected chi connectivity index (χ2v) is 7.66. The highest BCUT2D eigenvalue weighted by molar-refractivity contribution is 5.87. The van der Waals surface area contributed by atoms with Crippen LogP contribution in [-0.4, -0.2) is 49.6 Å². The third kappa shape index (κ3) is 4.22. The molecule has 0 heterocycles. The first kappa shape index (κ1) is 21.6. The minimum atomic E-state index is -0.715. The van der Waals surface area contributed by atoms with Gasteiger partial charge < -0.3 is 14.4 Å². The minimum Gasteiger partial charge on any atom is -0.467 e. The highest BCUT2D eigenvalue weighted by atomic mass is 16.5. The number of hydrogen-bond donors (Lipinski definition) is 0. The van der Waals surface area contributed by atoms with E-state index in [9.17, 15) is 14.4 Å². The van der Waals surface area contributed by atoms with Gasteiger partial charge in [0.15, 0.2) is 0 Å². The molecule has 0 spiro atoms. The number of methoxy groups -OCH3 is 1. The average Bonchev–Trinajstić information content (AvgIpc) is 3.09. The van der Waals surface area contributed by atoms with E-state index in [4.69, 9.17) is 4.74 Å². The van der Waals surface area contributed by atoms with E-state index in [1.807, 2.05) is 24.3 Å². The smallest absolute Gasteiger partial charge is 0.328 e. The van der Waals surface area contributed by atoms with Gasteiger partial charge in [0.2, 0.25) is 5.91 Å². The van der Waals surface area contributed by atoms with Crippen LogP contribution in [0.3, 0.4) is 0 Å². The third-order valence-electron chi connectivity index (χ3n) is 5.74. The zero-order chi connectivity index (χ0) is 21.8. The zero-order valence-electron chi connectivity index (χ0n) is 17.8. The van der Waals surface area contributed by atoms with Crippen molar-refractivity contribution in [2.75, 3.05) is 20.8 Å². The van der Waals surface area contributed by atoms with Crippen molar-refractivity contribution in [3.63, 3.8) is 0 Å². The molecule has 0 aliphatic heterocycles. The van der Waals surface area contributed by atoms with E-state index in [1.54, 1.807) is 13.8 Å². The number of hydrogen-bond acceptors (Lipinski definition) is 5. The van der Waals surface area contributed by atoms with Crippen molar-refractivity contribution in [3.05, 3.63) is 59.7 Å². The van der Waals surface area contributed by atoms with E-state index in [0.717, 1.165) is 22.3 Å². The van der Waals surface area contributed by atoms with Crippen molar-refractivity contribution in [2.45, 2.75) is 32.2 Å². The molecule has 3 rings (SSSR count). The van der Waals surface area contributed by atoms with Crippen molar-refractivity contribution in [2.24, 2.45) is 5.92 Å². The molecule has 0 bridgehead atoms. The van der Waals surface area contributed by atoms with Crippen LogP contribution in [-0.2, 0) is 23.9 Å². The Bertz CT molecular complexity index is 909. The molecule has 0 fully saturated rings. The predicted molar refractivity (Wildman–Crippen MR) is 113 cm³/mol. The summed E-state index contributed by atoms with van der Waals surface area (Å²) in [7, 11) is 2.80. The highest BCUT2D eigenvalue weighted by Crippen LogP contribution is 2.44. The molecule has 0 saturated heterocycles. The van der Waals surface area contributed by atoms with Crippen LogP contribution in [0, 0.1) is 5.92 Å². The van der Waals surface area contributed by atoms with Gasteiger partial charge in [0.25, 0.3) is 0 Å². The zero-order valence-corrected chi connectivity index (χ0v) is 17.8. The number of likely N-dealkylation sites (N-methyl/N-ethyl adjacent to an activating group) is 1. The molecule has 0 N–H and O–H groups in total. The van der Waals surface area contributed by atoms with Crippen molar-refractivity contribution >= 4 is 17.8 Å². The molecular weight excluding hydrogens is 382 g/mol. The van der Waals surface area contributed by atoms with Crippen molar-refractivity contribution < 1.29 is 23.9 Å². The molecule has 1 aliphatic rings. The molecule has 6 nitrogen and oxygen atoms in total. The fourth-order valence-electron chi connectivity index (χ4n) is 3.88. The van der Waals surface area contributed by atoms with E-state index < -0.39 is 23.9 Å². The normalized spacial score (nSPS) is 14.3. The maximum absolute atomic E-state index is 12.5. The molecule has 0 saturated carbocycles. The first-order valence-electron chi connectivity index (χ1n) is 10.0. The van der Waals surface area contributed by atoms with Crippen LogP contribution >= 0.6 is 0 Å². The van der Waals surface area contributed by atoms with Gasteiger partial charge in [0.1, 0.15) is 12.6 Å². The van der Waals surface area contributed by atoms with E-state index in [0.29, 0.717) is 0 Å². The summed E-state index contributed by atoms with van der Waals surface area (Å²) in [6, 6.07) is 15.5. The van der Waals surface area contributed by atoms with Crippen molar-refractivity contribution in [1.29, 1.82) is 0 Å². The van der Waals surface area contributed by atoms with Crippen LogP contribution in [0.25, 0.3) is 11.1 Å². The average molecular weight is 409 g/mol. The topological polar surface area (TPSA) is 72.9 Å². The minimum absolute atomic E-state index is 0.0191. The standard InChI is InChI=1S/C24H27NO5/c1-15(23(27)25(3)16(2)24(28)29-4)13-22(26)30-14-21-19-11-7-5-9-17(19)18-10-6-8-12-20(18)21/h5-12,15-16,21H,13-14H2,1-4H3. The first-order chi connectivity index (χ1) is 14.3. The molecule has 0 aromatic heterocycles. The lowest BCUT2D eigenvalue weighted by Gasteiger charge is -2.25. The maximum Gasteiger partial charge on any atom is 0.328 e. The van der Waals surface area contributed by atoms with Gasteiger partial charge in [-0.25, -0.2) is 4.79 Å². The second-order valence-electron chi connectivity index (χ2n) is 7.66. The van der Waals surface area contributed by atoms with Gasteiger partial charge in [0.05, 0.1) is 13.5 Å². The van der Waals surface area contributed by atoms with Gasteiger partial charge in [-0.1, -0.05) is 55.5 Å². The van der Waals surface area contributed by atoms with E-state index in [1.165, 1.54) is 19.1 Å². The first-order valence-corrected chi connectivity index (χ1v) is 10.0. The van der Waals surface area contributed by atoms with E-state index in [-0.39, 0.29) is 24.9 Å². The fourth-order valence-corrected chi connectivity index (χ4v) is 3.88. The number of carbonyl (C=O) groups excluding carboxylic acids is 3. The van der Waals surface area contributed by atoms with Gasteiger partial charge >= 0.3 is 11.9 Å². The lowest BCUT2D eigenvalue weighted by molar-refractivity contribution is -0.154. The quantitative estimate of drug-likeness (QED) is 0.656. The number of fused-ring (bicyclic) bond motifs is 3. The van der Waals surface area contributed by atoms with Crippen LogP contribution in [0.1, 0.15) is 37.3 Å². The van der Waals surface area contributed by atoms with E-state index in [2.05, 4.69) is 29.0 Å². The van der Waals surface area contributed by atoms with E-state index >= 15 is 0 Å². The number of esters is 2. The lowest BCUT2D eigenvalue weighted by Crippen LogP contribution is -2.43. The summed E-state index contributed by atoms with van der Waals surface area (Å²) in [5.41, 5.74) is 4.61. The fraction of sp³-hybridized carbons (Fsp3) is 0.375. The SMILES string of the molecule is COC(=O)C(C)N(C)C(=O)C(C)CC(=O)OCC1c2ccccc2-c2ccccc21. The van der Waals surface area contributed by atoms with Crippen molar-refractivity contribution in [1.82, 2.24) is 4.90 Å². The van der Waals surface area contributed by atoms with Crippen molar-refractivity contribution in [3.8, 4) is 11.1 Å². The molecule has 0 radical (unpaired) electrons. The summed E-state index contributed by atoms with van der Waals surface area (Å²) in [4.78, 5) is 37.9. The molecule has 1 aliphatic carbocycles.